The van der Waals surface area contributed by atoms with E-state index in [1.54, 1.807) is 0 Å². The van der Waals surface area contributed by atoms with Crippen LogP contribution >= 0.6 is 11.6 Å². The molecule has 0 spiro atoms. The molecule has 1 N–H and O–H groups in total. The summed E-state index contributed by atoms with van der Waals surface area (Å²) in [4.78, 5) is 10.4. The minimum absolute atomic E-state index is 0.0666. The van der Waals surface area contributed by atoms with Gasteiger partial charge in [0.05, 0.1) is 0 Å². The summed E-state index contributed by atoms with van der Waals surface area (Å²) in [5.74, 6) is 0.0666. The van der Waals surface area contributed by atoms with Gasteiger partial charge >= 0.3 is 0 Å². The number of hydrogen-bond donors (Lipinski definition) is 1. The first kappa shape index (κ1) is 15.0. The minimum Gasteiger partial charge on any atom is -0.329 e. The number of rotatable bonds is 0. The maximum atomic E-state index is 10.4. The van der Waals surface area contributed by atoms with Gasteiger partial charge in [0.1, 0.15) is 0 Å². The van der Waals surface area contributed by atoms with Gasteiger partial charge in [0, 0.05) is 17.7 Å². The van der Waals surface area contributed by atoms with Gasteiger partial charge in [0.25, 0.3) is 0 Å². The smallest absolute Gasteiger partial charge is 0.224 e. The lowest BCUT2D eigenvalue weighted by Gasteiger charge is -1.88. The minimum atomic E-state index is 0.0666. The van der Waals surface area contributed by atoms with Gasteiger partial charge in [0.15, 0.2) is 0 Å². The molecule has 78 valence electrons. The van der Waals surface area contributed by atoms with Crippen molar-refractivity contribution in [1.82, 2.24) is 5.32 Å². The summed E-state index contributed by atoms with van der Waals surface area (Å²) in [5, 5.41) is 2.59. The van der Waals surface area contributed by atoms with Crippen LogP contribution in [0, 0.1) is 0 Å². The van der Waals surface area contributed by atoms with Gasteiger partial charge in [-0.15, -0.1) is 0 Å². The van der Waals surface area contributed by atoms with Crippen LogP contribution in [0.2, 0.25) is 0 Å². The van der Waals surface area contributed by atoms with Crippen molar-refractivity contribution in [3.8, 4) is 0 Å². The van der Waals surface area contributed by atoms with E-state index in [0.717, 1.165) is 12.1 Å². The highest BCUT2D eigenvalue weighted by Crippen LogP contribution is 2.09. The van der Waals surface area contributed by atoms with Gasteiger partial charge in [0.2, 0.25) is 5.91 Å². The zero-order chi connectivity index (χ0) is 10.7. The second-order valence-electron chi connectivity index (χ2n) is 2.39. The molecule has 1 rings (SSSR count). The highest BCUT2D eigenvalue weighted by atomic mass is 35.5. The van der Waals surface area contributed by atoms with Gasteiger partial charge in [-0.2, -0.15) is 0 Å². The second kappa shape index (κ2) is 11.5. The average molecular weight is 206 g/mol. The fourth-order valence-electron chi connectivity index (χ4n) is 0.634. The van der Waals surface area contributed by atoms with E-state index in [2.05, 4.69) is 19.2 Å². The third-order valence-corrected chi connectivity index (χ3v) is 1.32. The summed E-state index contributed by atoms with van der Waals surface area (Å²) in [6.45, 7) is 8.25. The third kappa shape index (κ3) is 9.41. The molecular formula is C10H20ClNO. The zero-order valence-corrected chi connectivity index (χ0v) is 9.74. The molecule has 1 aliphatic heterocycles. The van der Waals surface area contributed by atoms with E-state index in [-0.39, 0.29) is 5.91 Å². The zero-order valence-electron chi connectivity index (χ0n) is 8.98. The summed E-state index contributed by atoms with van der Waals surface area (Å²) in [5.41, 5.74) is 2.24. The first-order chi connectivity index (χ1) is 6.24. The van der Waals surface area contributed by atoms with E-state index in [9.17, 15) is 4.79 Å². The van der Waals surface area contributed by atoms with Gasteiger partial charge in [-0.1, -0.05) is 45.7 Å². The first-order valence-electron chi connectivity index (χ1n) is 4.83. The molecular weight excluding hydrogens is 186 g/mol. The van der Waals surface area contributed by atoms with Crippen LogP contribution in [-0.4, -0.2) is 5.91 Å². The molecule has 0 atom stereocenters. The predicted molar refractivity (Wildman–Crippen MR) is 58.6 cm³/mol. The first-order valence-corrected chi connectivity index (χ1v) is 5.27. The van der Waals surface area contributed by atoms with Gasteiger partial charge in [-0.25, -0.2) is 0 Å². The largest absolute Gasteiger partial charge is 0.329 e. The highest BCUT2D eigenvalue weighted by molar-refractivity contribution is 6.25. The van der Waals surface area contributed by atoms with Crippen LogP contribution < -0.4 is 5.32 Å². The topological polar surface area (TPSA) is 29.1 Å². The lowest BCUT2D eigenvalue weighted by molar-refractivity contribution is -0.118. The van der Waals surface area contributed by atoms with Crippen molar-refractivity contribution in [2.24, 2.45) is 0 Å². The number of hydrogen-bond acceptors (Lipinski definition) is 1. The summed E-state index contributed by atoms with van der Waals surface area (Å²) >= 11 is 5.30. The molecule has 0 aliphatic carbocycles. The molecule has 0 radical (unpaired) electrons. The molecule has 2 nitrogen and oxygen atoms in total. The number of nitrogens with one attached hydrogen (secondary N) is 1. The Kier molecular flexibility index (Phi) is 13.3. The third-order valence-electron chi connectivity index (χ3n) is 1.05. The summed E-state index contributed by atoms with van der Waals surface area (Å²) in [7, 11) is 0. The van der Waals surface area contributed by atoms with Crippen molar-refractivity contribution < 1.29 is 4.79 Å². The average Bonchev–Trinajstić information content (AvgIpc) is 2.56. The molecule has 1 amide bonds. The molecule has 0 aromatic carbocycles. The summed E-state index contributed by atoms with van der Waals surface area (Å²) in [6, 6.07) is 0. The normalized spacial score (nSPS) is 16.7. The SMILES string of the molecule is CC.CCC.O=C1CC/C(=C/Cl)N1. The van der Waals surface area contributed by atoms with Crippen LogP contribution in [-0.2, 0) is 4.79 Å². The Morgan fingerprint density at radius 2 is 1.85 bits per heavy atom. The second-order valence-corrected chi connectivity index (χ2v) is 2.61. The molecule has 1 aliphatic rings. The number of carbonyl (C=O) groups is 1. The molecule has 0 unspecified atom stereocenters. The Labute approximate surface area is 86.4 Å². The number of halogens is 1. The fourth-order valence-corrected chi connectivity index (χ4v) is 0.798. The van der Waals surface area contributed by atoms with Crippen molar-refractivity contribution in [2.75, 3.05) is 0 Å². The van der Waals surface area contributed by atoms with Gasteiger partial charge < -0.3 is 5.32 Å². The Hall–Kier alpha value is -0.500. The lowest BCUT2D eigenvalue weighted by atomic mass is 10.3. The van der Waals surface area contributed by atoms with Crippen LogP contribution in [0.25, 0.3) is 0 Å². The monoisotopic (exact) mass is 205 g/mol. The molecule has 1 fully saturated rings. The Morgan fingerprint density at radius 3 is 2.00 bits per heavy atom. The number of allylic oxidation sites excluding steroid dienone is 1. The van der Waals surface area contributed by atoms with Crippen LogP contribution in [0.5, 0.6) is 0 Å². The fraction of sp³-hybridized carbons (Fsp3) is 0.700. The maximum absolute atomic E-state index is 10.4. The molecule has 0 saturated carbocycles. The molecule has 13 heavy (non-hydrogen) atoms. The Morgan fingerprint density at radius 1 is 1.38 bits per heavy atom. The molecule has 1 heterocycles. The highest BCUT2D eigenvalue weighted by Gasteiger charge is 2.12. The molecule has 0 bridgehead atoms. The van der Waals surface area contributed by atoms with Gasteiger partial charge in [-0.3, -0.25) is 4.79 Å². The van der Waals surface area contributed by atoms with E-state index in [1.165, 1.54) is 12.0 Å². The Balaban J connectivity index is 0. The molecule has 3 heteroatoms. The van der Waals surface area contributed by atoms with Crippen molar-refractivity contribution >= 4 is 17.5 Å². The van der Waals surface area contributed by atoms with Crippen molar-refractivity contribution in [2.45, 2.75) is 47.0 Å². The van der Waals surface area contributed by atoms with Crippen LogP contribution in [0.4, 0.5) is 0 Å². The number of amides is 1. The molecule has 0 aromatic rings. The van der Waals surface area contributed by atoms with Crippen molar-refractivity contribution in [3.05, 3.63) is 11.2 Å². The summed E-state index contributed by atoms with van der Waals surface area (Å²) in [6.07, 6.45) is 2.60. The van der Waals surface area contributed by atoms with Crippen LogP contribution in [0.1, 0.15) is 47.0 Å². The quantitative estimate of drug-likeness (QED) is 0.645. The Bertz CT molecular complexity index is 155. The van der Waals surface area contributed by atoms with Gasteiger partial charge in [-0.05, 0) is 6.42 Å². The van der Waals surface area contributed by atoms with Crippen molar-refractivity contribution in [3.63, 3.8) is 0 Å². The van der Waals surface area contributed by atoms with E-state index >= 15 is 0 Å². The van der Waals surface area contributed by atoms with E-state index in [1.807, 2.05) is 13.8 Å². The standard InChI is InChI=1S/C5H6ClNO.C3H8.C2H6/c6-3-4-1-2-5(8)7-4;1-3-2;1-2/h3H,1-2H2,(H,7,8);3H2,1-2H3;1-2H3/b4-3-;;. The van der Waals surface area contributed by atoms with Crippen LogP contribution in [0.3, 0.4) is 0 Å². The van der Waals surface area contributed by atoms with Crippen LogP contribution in [0.15, 0.2) is 11.2 Å². The maximum Gasteiger partial charge on any atom is 0.224 e. The van der Waals surface area contributed by atoms with E-state index in [4.69, 9.17) is 11.6 Å². The predicted octanol–water partition coefficient (Wildman–Crippen LogP) is 3.42. The van der Waals surface area contributed by atoms with Crippen molar-refractivity contribution in [1.29, 1.82) is 0 Å². The number of carbonyl (C=O) groups excluding carboxylic acids is 1. The summed E-state index contributed by atoms with van der Waals surface area (Å²) < 4.78 is 0. The molecule has 0 aromatic heterocycles. The van der Waals surface area contributed by atoms with E-state index < -0.39 is 0 Å². The lowest BCUT2D eigenvalue weighted by Crippen LogP contribution is -2.11. The molecule has 1 saturated heterocycles. The van der Waals surface area contributed by atoms with E-state index in [0.29, 0.717) is 6.42 Å².